The highest BCUT2D eigenvalue weighted by Crippen LogP contribution is 2.64. The SMILES string of the molecule is [B]C1(NC2CCCCC2)CC2(CC2)C1. The molecule has 2 radical (unpaired) electrons. The number of hydrogen-bond acceptors (Lipinski definition) is 1. The van der Waals surface area contributed by atoms with Crippen LogP contribution in [0.5, 0.6) is 0 Å². The highest BCUT2D eigenvalue weighted by atomic mass is 15.0. The summed E-state index contributed by atoms with van der Waals surface area (Å²) >= 11 is 0. The summed E-state index contributed by atoms with van der Waals surface area (Å²) in [6.07, 6.45) is 12.3. The Labute approximate surface area is 88.4 Å². The maximum atomic E-state index is 6.34. The van der Waals surface area contributed by atoms with Crippen molar-refractivity contribution >= 4 is 7.85 Å². The molecule has 1 nitrogen and oxygen atoms in total. The lowest BCUT2D eigenvalue weighted by Crippen LogP contribution is -2.60. The van der Waals surface area contributed by atoms with Gasteiger partial charge in [0.25, 0.3) is 0 Å². The van der Waals surface area contributed by atoms with Crippen LogP contribution in [-0.4, -0.2) is 19.3 Å². The zero-order valence-electron chi connectivity index (χ0n) is 9.02. The maximum absolute atomic E-state index is 6.34. The summed E-state index contributed by atoms with van der Waals surface area (Å²) in [4.78, 5) is 0. The smallest absolute Gasteiger partial charge is 0.0954 e. The normalized spacial score (nSPS) is 34.0. The van der Waals surface area contributed by atoms with E-state index in [2.05, 4.69) is 5.32 Å². The van der Waals surface area contributed by atoms with E-state index < -0.39 is 0 Å². The number of rotatable bonds is 2. The highest BCUT2D eigenvalue weighted by Gasteiger charge is 2.58. The van der Waals surface area contributed by atoms with Gasteiger partial charge in [-0.2, -0.15) is 0 Å². The van der Waals surface area contributed by atoms with Crippen LogP contribution in [0.1, 0.15) is 57.8 Å². The Morgan fingerprint density at radius 3 is 2.21 bits per heavy atom. The fourth-order valence-corrected chi connectivity index (χ4v) is 3.57. The van der Waals surface area contributed by atoms with Gasteiger partial charge in [-0.25, -0.2) is 0 Å². The molecule has 0 aromatic rings. The third-order valence-electron chi connectivity index (χ3n) is 4.43. The molecular formula is C12H20BN. The molecule has 0 aromatic carbocycles. The minimum Gasteiger partial charge on any atom is -0.317 e. The third-order valence-corrected chi connectivity index (χ3v) is 4.43. The van der Waals surface area contributed by atoms with Crippen LogP contribution in [-0.2, 0) is 0 Å². The largest absolute Gasteiger partial charge is 0.317 e. The quantitative estimate of drug-likeness (QED) is 0.657. The van der Waals surface area contributed by atoms with Gasteiger partial charge in [0.15, 0.2) is 0 Å². The monoisotopic (exact) mass is 189 g/mol. The molecule has 0 amide bonds. The second kappa shape index (κ2) is 3.01. The standard InChI is InChI=1S/C12H20BN/c13-12(8-11(9-12)6-7-11)14-10-4-2-1-3-5-10/h10,14H,1-9H2. The predicted molar refractivity (Wildman–Crippen MR) is 59.4 cm³/mol. The predicted octanol–water partition coefficient (Wildman–Crippen LogP) is 2.35. The lowest BCUT2D eigenvalue weighted by molar-refractivity contribution is 0.136. The van der Waals surface area contributed by atoms with Crippen molar-refractivity contribution in [3.8, 4) is 0 Å². The van der Waals surface area contributed by atoms with Crippen molar-refractivity contribution in [2.45, 2.75) is 69.3 Å². The molecule has 0 saturated heterocycles. The molecule has 1 N–H and O–H groups in total. The van der Waals surface area contributed by atoms with E-state index in [1.54, 1.807) is 0 Å². The Balaban J connectivity index is 1.51. The minimum absolute atomic E-state index is 0.0263. The lowest BCUT2D eigenvalue weighted by atomic mass is 9.54. The summed E-state index contributed by atoms with van der Waals surface area (Å²) in [6, 6.07) is 0.727. The first-order valence-electron chi connectivity index (χ1n) is 6.27. The van der Waals surface area contributed by atoms with Gasteiger partial charge in [-0.3, -0.25) is 0 Å². The van der Waals surface area contributed by atoms with Crippen molar-refractivity contribution in [2.75, 3.05) is 0 Å². The van der Waals surface area contributed by atoms with Gasteiger partial charge in [-0.15, -0.1) is 0 Å². The van der Waals surface area contributed by atoms with Gasteiger partial charge in [-0.1, -0.05) is 19.3 Å². The molecule has 76 valence electrons. The molecule has 3 saturated carbocycles. The summed E-state index contributed by atoms with van der Waals surface area (Å²) in [5.74, 6) is 0. The Hall–Kier alpha value is 0.0249. The van der Waals surface area contributed by atoms with Crippen molar-refractivity contribution in [2.24, 2.45) is 5.41 Å². The van der Waals surface area contributed by atoms with Crippen LogP contribution in [0.15, 0.2) is 0 Å². The van der Waals surface area contributed by atoms with Crippen molar-refractivity contribution < 1.29 is 0 Å². The van der Waals surface area contributed by atoms with Crippen molar-refractivity contribution in [1.82, 2.24) is 5.32 Å². The molecule has 3 aliphatic carbocycles. The molecule has 0 bridgehead atoms. The highest BCUT2D eigenvalue weighted by molar-refractivity contribution is 6.16. The fourth-order valence-electron chi connectivity index (χ4n) is 3.57. The van der Waals surface area contributed by atoms with E-state index in [1.807, 2.05) is 0 Å². The third kappa shape index (κ3) is 1.62. The van der Waals surface area contributed by atoms with Gasteiger partial charge >= 0.3 is 0 Å². The first kappa shape index (κ1) is 9.27. The van der Waals surface area contributed by atoms with Gasteiger partial charge in [-0.05, 0) is 49.4 Å². The summed E-state index contributed by atoms with van der Waals surface area (Å²) in [5.41, 5.74) is 0.745. The molecule has 0 heterocycles. The lowest BCUT2D eigenvalue weighted by Gasteiger charge is -2.50. The fraction of sp³-hybridized carbons (Fsp3) is 1.00. The number of nitrogens with one attached hydrogen (secondary N) is 1. The van der Waals surface area contributed by atoms with E-state index in [4.69, 9.17) is 7.85 Å². The second-order valence-corrected chi connectivity index (χ2v) is 5.99. The van der Waals surface area contributed by atoms with Gasteiger partial charge in [0, 0.05) is 6.04 Å². The molecule has 0 unspecified atom stereocenters. The average Bonchev–Trinajstić information content (AvgIpc) is 2.85. The van der Waals surface area contributed by atoms with Crippen LogP contribution < -0.4 is 5.32 Å². The Kier molecular flexibility index (Phi) is 1.99. The van der Waals surface area contributed by atoms with Gasteiger partial charge in [0.1, 0.15) is 0 Å². The number of hydrogen-bond donors (Lipinski definition) is 1. The molecule has 0 aromatic heterocycles. The molecular weight excluding hydrogens is 169 g/mol. The van der Waals surface area contributed by atoms with E-state index in [0.29, 0.717) is 0 Å². The van der Waals surface area contributed by atoms with E-state index in [0.717, 1.165) is 11.5 Å². The topological polar surface area (TPSA) is 12.0 Å². The minimum atomic E-state index is 0.0263. The van der Waals surface area contributed by atoms with Gasteiger partial charge in [0.05, 0.1) is 7.85 Å². The van der Waals surface area contributed by atoms with E-state index in [9.17, 15) is 0 Å². The van der Waals surface area contributed by atoms with Crippen LogP contribution in [0.4, 0.5) is 0 Å². The molecule has 3 aliphatic rings. The molecule has 0 atom stereocenters. The molecule has 1 spiro atoms. The van der Waals surface area contributed by atoms with Crippen LogP contribution in [0.25, 0.3) is 0 Å². The Morgan fingerprint density at radius 2 is 1.64 bits per heavy atom. The molecule has 3 rings (SSSR count). The summed E-state index contributed by atoms with van der Waals surface area (Å²) in [5, 5.41) is 3.71. The first-order valence-corrected chi connectivity index (χ1v) is 6.27. The van der Waals surface area contributed by atoms with E-state index in [1.165, 1.54) is 57.8 Å². The molecule has 0 aliphatic heterocycles. The molecule has 3 fully saturated rings. The summed E-state index contributed by atoms with van der Waals surface area (Å²) in [6.45, 7) is 0. The Morgan fingerprint density at radius 1 is 1.00 bits per heavy atom. The molecule has 14 heavy (non-hydrogen) atoms. The van der Waals surface area contributed by atoms with Crippen molar-refractivity contribution in [3.05, 3.63) is 0 Å². The maximum Gasteiger partial charge on any atom is 0.0954 e. The van der Waals surface area contributed by atoms with E-state index in [-0.39, 0.29) is 5.44 Å². The zero-order valence-corrected chi connectivity index (χ0v) is 9.02. The van der Waals surface area contributed by atoms with Gasteiger partial charge in [0.2, 0.25) is 0 Å². The Bertz CT molecular complexity index is 220. The van der Waals surface area contributed by atoms with Crippen LogP contribution in [0, 0.1) is 5.41 Å². The second-order valence-electron chi connectivity index (χ2n) is 5.99. The van der Waals surface area contributed by atoms with Crippen LogP contribution in [0.3, 0.4) is 0 Å². The van der Waals surface area contributed by atoms with Crippen LogP contribution in [0.2, 0.25) is 0 Å². The van der Waals surface area contributed by atoms with Crippen LogP contribution >= 0.6 is 0 Å². The van der Waals surface area contributed by atoms with Crippen molar-refractivity contribution in [1.29, 1.82) is 0 Å². The van der Waals surface area contributed by atoms with E-state index >= 15 is 0 Å². The first-order chi connectivity index (χ1) is 6.70. The summed E-state index contributed by atoms with van der Waals surface area (Å²) < 4.78 is 0. The average molecular weight is 189 g/mol. The molecule has 2 heteroatoms. The summed E-state index contributed by atoms with van der Waals surface area (Å²) in [7, 11) is 6.34. The van der Waals surface area contributed by atoms with Crippen molar-refractivity contribution in [3.63, 3.8) is 0 Å². The zero-order chi connectivity index (χ0) is 9.65. The van der Waals surface area contributed by atoms with Gasteiger partial charge < -0.3 is 5.32 Å².